The van der Waals surface area contributed by atoms with Crippen molar-refractivity contribution in [3.63, 3.8) is 0 Å². The normalized spacial score (nSPS) is 11.2. The van der Waals surface area contributed by atoms with E-state index < -0.39 is 11.8 Å². The van der Waals surface area contributed by atoms with Crippen LogP contribution in [0, 0.1) is 0 Å². The minimum atomic E-state index is -1.71. The van der Waals surface area contributed by atoms with E-state index in [-0.39, 0.29) is 11.4 Å². The van der Waals surface area contributed by atoms with Gasteiger partial charge in [-0.3, -0.25) is 4.90 Å². The molecule has 15 heavy (non-hydrogen) atoms. The number of halogens is 1. The van der Waals surface area contributed by atoms with Crippen LogP contribution in [0.15, 0.2) is 12.5 Å². The molecule has 0 unspecified atom stereocenters. The first-order chi connectivity index (χ1) is 6.84. The molecule has 6 heteroatoms. The average molecular weight is 213 g/mol. The topological polar surface area (TPSA) is 66.3 Å². The number of amides is 1. The Balaban J connectivity index is 3.24. The van der Waals surface area contributed by atoms with Crippen molar-refractivity contribution in [2.45, 2.75) is 19.5 Å². The average Bonchev–Trinajstić information content (AvgIpc) is 2.15. The summed E-state index contributed by atoms with van der Waals surface area (Å²) in [6, 6.07) is 0. The molecule has 0 radical (unpaired) electrons. The predicted octanol–water partition coefficient (Wildman–Crippen LogP) is 1.80. The van der Waals surface area contributed by atoms with Gasteiger partial charge in [-0.2, -0.15) is 0 Å². The van der Waals surface area contributed by atoms with Crippen LogP contribution in [0.2, 0.25) is 0 Å². The minimum Gasteiger partial charge on any atom is -0.465 e. The Bertz CT molecular complexity index is 376. The summed E-state index contributed by atoms with van der Waals surface area (Å²) in [6.45, 7) is 2.63. The smallest absolute Gasteiger partial charge is 0.411 e. The van der Waals surface area contributed by atoms with E-state index >= 15 is 0 Å². The maximum Gasteiger partial charge on any atom is 0.411 e. The van der Waals surface area contributed by atoms with Crippen molar-refractivity contribution >= 4 is 11.8 Å². The lowest BCUT2D eigenvalue weighted by molar-refractivity contribution is 0.201. The Kier molecular flexibility index (Phi) is 2.88. The van der Waals surface area contributed by atoms with Crippen LogP contribution in [-0.4, -0.2) is 28.2 Å². The number of hydrogen-bond acceptors (Lipinski definition) is 3. The SMILES string of the molecule is CN(C(=O)O)c1cncnc1C(C)(C)F. The number of rotatable bonds is 2. The van der Waals surface area contributed by atoms with Crippen LogP contribution in [-0.2, 0) is 5.67 Å². The molecule has 1 rings (SSSR count). The van der Waals surface area contributed by atoms with Crippen LogP contribution >= 0.6 is 0 Å². The first-order valence-corrected chi connectivity index (χ1v) is 4.30. The summed E-state index contributed by atoms with van der Waals surface area (Å²) in [5.74, 6) is 0. The Morgan fingerprint density at radius 1 is 1.60 bits per heavy atom. The van der Waals surface area contributed by atoms with E-state index in [1.165, 1.54) is 33.4 Å². The summed E-state index contributed by atoms with van der Waals surface area (Å²) in [7, 11) is 1.32. The van der Waals surface area contributed by atoms with Crippen molar-refractivity contribution in [1.29, 1.82) is 0 Å². The number of hydrogen-bond donors (Lipinski definition) is 1. The molecular formula is C9H12FN3O2. The molecule has 0 aliphatic rings. The molecule has 1 aromatic rings. The van der Waals surface area contributed by atoms with Crippen molar-refractivity contribution in [2.75, 3.05) is 11.9 Å². The quantitative estimate of drug-likeness (QED) is 0.813. The number of aromatic nitrogens is 2. The lowest BCUT2D eigenvalue weighted by Crippen LogP contribution is -2.28. The predicted molar refractivity (Wildman–Crippen MR) is 52.6 cm³/mol. The van der Waals surface area contributed by atoms with Gasteiger partial charge in [-0.05, 0) is 13.8 Å². The van der Waals surface area contributed by atoms with Crippen LogP contribution < -0.4 is 4.90 Å². The number of carbonyl (C=O) groups is 1. The van der Waals surface area contributed by atoms with E-state index in [4.69, 9.17) is 5.11 Å². The largest absolute Gasteiger partial charge is 0.465 e. The second kappa shape index (κ2) is 3.80. The maximum atomic E-state index is 13.7. The molecule has 0 bridgehead atoms. The van der Waals surface area contributed by atoms with Gasteiger partial charge < -0.3 is 5.11 Å². The first kappa shape index (κ1) is 11.4. The van der Waals surface area contributed by atoms with E-state index in [9.17, 15) is 9.18 Å². The van der Waals surface area contributed by atoms with E-state index in [0.29, 0.717) is 0 Å². The lowest BCUT2D eigenvalue weighted by Gasteiger charge is -2.21. The fraction of sp³-hybridized carbons (Fsp3) is 0.444. The molecule has 82 valence electrons. The molecule has 1 aromatic heterocycles. The molecule has 0 aromatic carbocycles. The van der Waals surface area contributed by atoms with Gasteiger partial charge >= 0.3 is 6.09 Å². The molecule has 0 saturated carbocycles. The van der Waals surface area contributed by atoms with Crippen LogP contribution in [0.3, 0.4) is 0 Å². The van der Waals surface area contributed by atoms with Crippen LogP contribution in [0.25, 0.3) is 0 Å². The molecule has 0 fully saturated rings. The Morgan fingerprint density at radius 3 is 2.67 bits per heavy atom. The molecule has 1 N–H and O–H groups in total. The van der Waals surface area contributed by atoms with Gasteiger partial charge in [-0.1, -0.05) is 0 Å². The molecule has 1 amide bonds. The maximum absolute atomic E-state index is 13.7. The summed E-state index contributed by atoms with van der Waals surface area (Å²) >= 11 is 0. The number of nitrogens with zero attached hydrogens (tertiary/aromatic N) is 3. The summed E-state index contributed by atoms with van der Waals surface area (Å²) in [4.78, 5) is 19.1. The highest BCUT2D eigenvalue weighted by Crippen LogP contribution is 2.30. The third-order valence-electron chi connectivity index (χ3n) is 1.90. The van der Waals surface area contributed by atoms with Crippen molar-refractivity contribution < 1.29 is 14.3 Å². The van der Waals surface area contributed by atoms with Crippen molar-refractivity contribution in [1.82, 2.24) is 9.97 Å². The van der Waals surface area contributed by atoms with Gasteiger partial charge in [0.25, 0.3) is 0 Å². The van der Waals surface area contributed by atoms with Gasteiger partial charge in [-0.15, -0.1) is 0 Å². The van der Waals surface area contributed by atoms with Crippen molar-refractivity contribution in [3.8, 4) is 0 Å². The molecule has 0 aliphatic heterocycles. The van der Waals surface area contributed by atoms with Gasteiger partial charge in [0, 0.05) is 7.05 Å². The molecule has 0 spiro atoms. The highest BCUT2D eigenvalue weighted by molar-refractivity contribution is 5.85. The van der Waals surface area contributed by atoms with E-state index in [0.717, 1.165) is 4.90 Å². The summed E-state index contributed by atoms with van der Waals surface area (Å²) in [5.41, 5.74) is -1.50. The zero-order valence-electron chi connectivity index (χ0n) is 8.73. The molecule has 0 aliphatic carbocycles. The highest BCUT2D eigenvalue weighted by atomic mass is 19.1. The van der Waals surface area contributed by atoms with Crippen molar-refractivity contribution in [3.05, 3.63) is 18.2 Å². The fourth-order valence-corrected chi connectivity index (χ4v) is 1.13. The summed E-state index contributed by atoms with van der Waals surface area (Å²) in [6.07, 6.45) is 1.28. The van der Waals surface area contributed by atoms with Gasteiger partial charge in [0.1, 0.15) is 17.7 Å². The van der Waals surface area contributed by atoms with Crippen LogP contribution in [0.5, 0.6) is 0 Å². The second-order valence-corrected chi connectivity index (χ2v) is 3.57. The summed E-state index contributed by atoms with van der Waals surface area (Å²) in [5, 5.41) is 8.77. The van der Waals surface area contributed by atoms with Crippen LogP contribution in [0.1, 0.15) is 19.5 Å². The molecule has 0 saturated heterocycles. The Hall–Kier alpha value is -1.72. The lowest BCUT2D eigenvalue weighted by atomic mass is 10.1. The third-order valence-corrected chi connectivity index (χ3v) is 1.90. The van der Waals surface area contributed by atoms with E-state index in [1.807, 2.05) is 0 Å². The number of anilines is 1. The Morgan fingerprint density at radius 2 is 2.20 bits per heavy atom. The van der Waals surface area contributed by atoms with Gasteiger partial charge in [0.15, 0.2) is 0 Å². The summed E-state index contributed by atoms with van der Waals surface area (Å²) < 4.78 is 13.7. The highest BCUT2D eigenvalue weighted by Gasteiger charge is 2.27. The zero-order valence-corrected chi connectivity index (χ0v) is 8.73. The molecule has 5 nitrogen and oxygen atoms in total. The van der Waals surface area contributed by atoms with E-state index in [1.54, 1.807) is 0 Å². The first-order valence-electron chi connectivity index (χ1n) is 4.30. The fourth-order valence-electron chi connectivity index (χ4n) is 1.13. The van der Waals surface area contributed by atoms with Gasteiger partial charge in [0.05, 0.1) is 11.9 Å². The standard InChI is InChI=1S/C9H12FN3O2/c1-9(2,10)7-6(4-11-5-12-7)13(3)8(14)15/h4-5H,1-3H3,(H,14,15). The van der Waals surface area contributed by atoms with Crippen molar-refractivity contribution in [2.24, 2.45) is 0 Å². The second-order valence-electron chi connectivity index (χ2n) is 3.57. The molecule has 1 heterocycles. The zero-order chi connectivity index (χ0) is 11.6. The van der Waals surface area contributed by atoms with Gasteiger partial charge in [-0.25, -0.2) is 19.2 Å². The van der Waals surface area contributed by atoms with Crippen LogP contribution in [0.4, 0.5) is 14.9 Å². The minimum absolute atomic E-state index is 0.0578. The molecular weight excluding hydrogens is 201 g/mol. The molecule has 0 atom stereocenters. The number of carboxylic acid groups (broad SMARTS) is 1. The third kappa shape index (κ3) is 2.39. The Labute approximate surface area is 86.6 Å². The van der Waals surface area contributed by atoms with E-state index in [2.05, 4.69) is 9.97 Å². The van der Waals surface area contributed by atoms with Gasteiger partial charge in [0.2, 0.25) is 0 Å². The number of alkyl halides is 1. The monoisotopic (exact) mass is 213 g/mol.